The van der Waals surface area contributed by atoms with Crippen molar-refractivity contribution in [3.8, 4) is 11.4 Å². The van der Waals surface area contributed by atoms with Gasteiger partial charge in [0.15, 0.2) is 5.96 Å². The van der Waals surface area contributed by atoms with Gasteiger partial charge < -0.3 is 20.1 Å². The van der Waals surface area contributed by atoms with Gasteiger partial charge in [0.05, 0.1) is 38.2 Å². The maximum Gasteiger partial charge on any atom is 0.191 e. The Kier molecular flexibility index (Phi) is 6.85. The van der Waals surface area contributed by atoms with Crippen LogP contribution in [0.4, 0.5) is 0 Å². The van der Waals surface area contributed by atoms with Crippen molar-refractivity contribution in [3.63, 3.8) is 0 Å². The van der Waals surface area contributed by atoms with Gasteiger partial charge in [0.1, 0.15) is 5.75 Å². The van der Waals surface area contributed by atoms with E-state index in [1.54, 1.807) is 7.11 Å². The number of benzene rings is 1. The first-order chi connectivity index (χ1) is 11.3. The lowest BCUT2D eigenvalue weighted by Gasteiger charge is -2.27. The highest BCUT2D eigenvalue weighted by molar-refractivity contribution is 14.0. The van der Waals surface area contributed by atoms with E-state index in [1.165, 1.54) is 0 Å². The molecule has 1 aromatic heterocycles. The Morgan fingerprint density at radius 2 is 1.96 bits per heavy atom. The summed E-state index contributed by atoms with van der Waals surface area (Å²) in [4.78, 5) is 6.45. The SMILES string of the molecule is COc1ccc(-n2ccc(CN=C(N)N3CCOCC3)n2)cc1.I. The third-order valence-electron chi connectivity index (χ3n) is 3.72. The molecule has 8 heteroatoms. The van der Waals surface area contributed by atoms with E-state index in [2.05, 4.69) is 10.1 Å². The van der Waals surface area contributed by atoms with Crippen LogP contribution in [-0.4, -0.2) is 54.1 Å². The Morgan fingerprint density at radius 1 is 1.25 bits per heavy atom. The highest BCUT2D eigenvalue weighted by Gasteiger charge is 2.12. The zero-order valence-electron chi connectivity index (χ0n) is 13.6. The molecule has 1 fully saturated rings. The molecule has 1 aromatic carbocycles. The molecular weight excluding hydrogens is 421 g/mol. The third kappa shape index (κ3) is 4.60. The van der Waals surface area contributed by atoms with Gasteiger partial charge in [0.25, 0.3) is 0 Å². The van der Waals surface area contributed by atoms with Crippen LogP contribution in [0, 0.1) is 0 Å². The van der Waals surface area contributed by atoms with Gasteiger partial charge in [0.2, 0.25) is 0 Å². The van der Waals surface area contributed by atoms with Crippen LogP contribution in [0.15, 0.2) is 41.5 Å². The number of hydrogen-bond donors (Lipinski definition) is 1. The molecule has 0 unspecified atom stereocenters. The Morgan fingerprint density at radius 3 is 2.62 bits per heavy atom. The van der Waals surface area contributed by atoms with E-state index >= 15 is 0 Å². The van der Waals surface area contributed by atoms with E-state index in [9.17, 15) is 0 Å². The molecule has 0 atom stereocenters. The predicted molar refractivity (Wildman–Crippen MR) is 103 cm³/mol. The maximum absolute atomic E-state index is 6.02. The average molecular weight is 443 g/mol. The lowest BCUT2D eigenvalue weighted by Crippen LogP contribution is -2.44. The molecule has 24 heavy (non-hydrogen) atoms. The molecule has 1 saturated heterocycles. The number of ether oxygens (including phenoxy) is 2. The summed E-state index contributed by atoms with van der Waals surface area (Å²) in [7, 11) is 1.65. The minimum absolute atomic E-state index is 0. The van der Waals surface area contributed by atoms with Crippen molar-refractivity contribution in [3.05, 3.63) is 42.2 Å². The third-order valence-corrected chi connectivity index (χ3v) is 3.72. The fourth-order valence-electron chi connectivity index (χ4n) is 2.38. The number of rotatable bonds is 4. The van der Waals surface area contributed by atoms with E-state index in [4.69, 9.17) is 15.2 Å². The molecule has 1 aliphatic heterocycles. The minimum Gasteiger partial charge on any atom is -0.497 e. The molecule has 0 aliphatic carbocycles. The molecular formula is C16H22IN5O2. The molecule has 1 aliphatic rings. The Balaban J connectivity index is 0.00000208. The van der Waals surface area contributed by atoms with Gasteiger partial charge in [0, 0.05) is 19.3 Å². The first-order valence-electron chi connectivity index (χ1n) is 7.58. The summed E-state index contributed by atoms with van der Waals surface area (Å²) in [5.74, 6) is 1.37. The molecule has 0 amide bonds. The number of guanidine groups is 1. The fraction of sp³-hybridized carbons (Fsp3) is 0.375. The highest BCUT2D eigenvalue weighted by Crippen LogP contribution is 2.14. The van der Waals surface area contributed by atoms with Crippen LogP contribution in [0.1, 0.15) is 5.69 Å². The summed E-state index contributed by atoms with van der Waals surface area (Å²) in [6.45, 7) is 3.43. The second-order valence-corrected chi connectivity index (χ2v) is 5.22. The summed E-state index contributed by atoms with van der Waals surface area (Å²) in [5.41, 5.74) is 7.86. The monoisotopic (exact) mass is 443 g/mol. The summed E-state index contributed by atoms with van der Waals surface area (Å²) in [6, 6.07) is 9.68. The van der Waals surface area contributed by atoms with Crippen LogP contribution in [0.5, 0.6) is 5.75 Å². The quantitative estimate of drug-likeness (QED) is 0.442. The first-order valence-corrected chi connectivity index (χ1v) is 7.58. The van der Waals surface area contributed by atoms with Crippen molar-refractivity contribution in [2.75, 3.05) is 33.4 Å². The number of halogens is 1. The second-order valence-electron chi connectivity index (χ2n) is 5.22. The number of hydrogen-bond acceptors (Lipinski definition) is 4. The predicted octanol–water partition coefficient (Wildman–Crippen LogP) is 1.65. The molecule has 2 heterocycles. The number of methoxy groups -OCH3 is 1. The molecule has 2 aromatic rings. The van der Waals surface area contributed by atoms with E-state index in [0.29, 0.717) is 25.7 Å². The summed E-state index contributed by atoms with van der Waals surface area (Å²) >= 11 is 0. The zero-order valence-corrected chi connectivity index (χ0v) is 15.9. The van der Waals surface area contributed by atoms with Gasteiger partial charge in [-0.1, -0.05) is 0 Å². The number of morpholine rings is 1. The number of nitrogens with two attached hydrogens (primary N) is 1. The van der Waals surface area contributed by atoms with Gasteiger partial charge in [-0.05, 0) is 30.3 Å². The van der Waals surface area contributed by atoms with Crippen LogP contribution in [-0.2, 0) is 11.3 Å². The van der Waals surface area contributed by atoms with Crippen molar-refractivity contribution in [2.45, 2.75) is 6.54 Å². The smallest absolute Gasteiger partial charge is 0.191 e. The van der Waals surface area contributed by atoms with Crippen molar-refractivity contribution < 1.29 is 9.47 Å². The lowest BCUT2D eigenvalue weighted by atomic mass is 10.3. The summed E-state index contributed by atoms with van der Waals surface area (Å²) in [5, 5.41) is 4.52. The van der Waals surface area contributed by atoms with Crippen LogP contribution in [0.3, 0.4) is 0 Å². The molecule has 7 nitrogen and oxygen atoms in total. The van der Waals surface area contributed by atoms with Crippen LogP contribution >= 0.6 is 24.0 Å². The van der Waals surface area contributed by atoms with Crippen LogP contribution in [0.25, 0.3) is 5.69 Å². The van der Waals surface area contributed by atoms with E-state index < -0.39 is 0 Å². The normalized spacial score (nSPS) is 15.0. The van der Waals surface area contributed by atoms with Gasteiger partial charge in [-0.2, -0.15) is 5.10 Å². The topological polar surface area (TPSA) is 77.9 Å². The van der Waals surface area contributed by atoms with Crippen molar-refractivity contribution >= 4 is 29.9 Å². The molecule has 0 bridgehead atoms. The molecule has 130 valence electrons. The van der Waals surface area contributed by atoms with E-state index in [1.807, 2.05) is 46.1 Å². The van der Waals surface area contributed by atoms with Crippen LogP contribution < -0.4 is 10.5 Å². The molecule has 0 radical (unpaired) electrons. The van der Waals surface area contributed by atoms with Crippen molar-refractivity contribution in [1.29, 1.82) is 0 Å². The van der Waals surface area contributed by atoms with Crippen molar-refractivity contribution in [2.24, 2.45) is 10.7 Å². The van der Waals surface area contributed by atoms with Gasteiger partial charge in [-0.3, -0.25) is 0 Å². The fourth-order valence-corrected chi connectivity index (χ4v) is 2.38. The standard InChI is InChI=1S/C16H21N5O2.HI/c1-22-15-4-2-14(3-5-15)21-7-6-13(19-21)12-18-16(17)20-8-10-23-11-9-20;/h2-7H,8-12H2,1H3,(H2,17,18);1H. The van der Waals surface area contributed by atoms with Crippen molar-refractivity contribution in [1.82, 2.24) is 14.7 Å². The van der Waals surface area contributed by atoms with Crippen LogP contribution in [0.2, 0.25) is 0 Å². The minimum atomic E-state index is 0. The first kappa shape index (κ1) is 18.5. The Bertz CT molecular complexity index is 665. The second kappa shape index (κ2) is 8.88. The molecule has 0 saturated carbocycles. The molecule has 3 rings (SSSR count). The van der Waals surface area contributed by atoms with Gasteiger partial charge in [-0.15, -0.1) is 24.0 Å². The maximum atomic E-state index is 6.02. The van der Waals surface area contributed by atoms with E-state index in [0.717, 1.165) is 30.2 Å². The highest BCUT2D eigenvalue weighted by atomic mass is 127. The van der Waals surface area contributed by atoms with E-state index in [-0.39, 0.29) is 24.0 Å². The summed E-state index contributed by atoms with van der Waals surface area (Å²) < 4.78 is 12.3. The Hall–Kier alpha value is -1.81. The largest absolute Gasteiger partial charge is 0.497 e. The summed E-state index contributed by atoms with van der Waals surface area (Å²) in [6.07, 6.45) is 1.91. The number of aromatic nitrogens is 2. The van der Waals surface area contributed by atoms with Gasteiger partial charge in [-0.25, -0.2) is 9.67 Å². The lowest BCUT2D eigenvalue weighted by molar-refractivity contribution is 0.0674. The average Bonchev–Trinajstić information content (AvgIpc) is 3.09. The molecule has 0 spiro atoms. The van der Waals surface area contributed by atoms with Gasteiger partial charge >= 0.3 is 0 Å². The molecule has 2 N–H and O–H groups in total. The number of nitrogens with zero attached hydrogens (tertiary/aromatic N) is 4. The number of aliphatic imine (C=N–C) groups is 1. The Labute approximate surface area is 158 Å². The zero-order chi connectivity index (χ0) is 16.1.